The van der Waals surface area contributed by atoms with Crippen molar-refractivity contribution in [3.05, 3.63) is 104 Å². The van der Waals surface area contributed by atoms with Crippen LogP contribution in [-0.2, 0) is 17.9 Å². The van der Waals surface area contributed by atoms with Crippen LogP contribution in [0.4, 0.5) is 9.18 Å². The Kier molecular flexibility index (Phi) is 6.98. The first kappa shape index (κ1) is 22.6. The van der Waals surface area contributed by atoms with E-state index >= 15 is 0 Å². The van der Waals surface area contributed by atoms with E-state index in [4.69, 9.17) is 16.3 Å². The van der Waals surface area contributed by atoms with Gasteiger partial charge < -0.3 is 4.74 Å². The molecule has 0 spiro atoms. The summed E-state index contributed by atoms with van der Waals surface area (Å²) in [7, 11) is 0. The van der Waals surface area contributed by atoms with Crippen LogP contribution >= 0.6 is 39.3 Å². The average Bonchev–Trinajstić information content (AvgIpc) is 3.02. The molecule has 1 saturated heterocycles. The van der Waals surface area contributed by atoms with Crippen LogP contribution in [-0.4, -0.2) is 16.0 Å². The highest BCUT2D eigenvalue weighted by molar-refractivity contribution is 9.10. The number of imide groups is 1. The van der Waals surface area contributed by atoms with Crippen molar-refractivity contribution < 1.29 is 18.7 Å². The number of hydrogen-bond acceptors (Lipinski definition) is 4. The Bertz CT molecular complexity index is 1200. The number of nitrogens with zero attached hydrogens (tertiary/aromatic N) is 1. The van der Waals surface area contributed by atoms with Crippen LogP contribution in [0.5, 0.6) is 5.75 Å². The van der Waals surface area contributed by atoms with Crippen LogP contribution in [0.1, 0.15) is 16.7 Å². The van der Waals surface area contributed by atoms with Gasteiger partial charge in [0.2, 0.25) is 0 Å². The van der Waals surface area contributed by atoms with Gasteiger partial charge in [0.15, 0.2) is 0 Å². The molecule has 162 valence electrons. The predicted molar refractivity (Wildman–Crippen MR) is 128 cm³/mol. The molecule has 0 N–H and O–H groups in total. The van der Waals surface area contributed by atoms with Gasteiger partial charge >= 0.3 is 0 Å². The minimum atomic E-state index is -0.423. The zero-order chi connectivity index (χ0) is 22.7. The molecule has 1 heterocycles. The monoisotopic (exact) mass is 531 g/mol. The summed E-state index contributed by atoms with van der Waals surface area (Å²) in [5, 5.41) is 0.00292. The van der Waals surface area contributed by atoms with Gasteiger partial charge in [0.25, 0.3) is 11.1 Å². The molecule has 1 aliphatic heterocycles. The van der Waals surface area contributed by atoms with Gasteiger partial charge in [-0.05, 0) is 65.4 Å². The SMILES string of the molecule is O=C1S/C(=C\c2ccc(OCc3c(F)cccc3Cl)cc2)C(=O)N1Cc1cccc(Br)c1. The number of halogens is 3. The molecule has 8 heteroatoms. The molecule has 0 radical (unpaired) electrons. The Hall–Kier alpha value is -2.61. The summed E-state index contributed by atoms with van der Waals surface area (Å²) in [6.45, 7) is 0.214. The average molecular weight is 533 g/mol. The van der Waals surface area contributed by atoms with E-state index < -0.39 is 5.82 Å². The van der Waals surface area contributed by atoms with Gasteiger partial charge in [-0.3, -0.25) is 14.5 Å². The molecule has 1 aliphatic rings. The second-order valence-corrected chi connectivity index (χ2v) is 9.27. The lowest BCUT2D eigenvalue weighted by atomic mass is 10.2. The minimum absolute atomic E-state index is 0.000652. The lowest BCUT2D eigenvalue weighted by Crippen LogP contribution is -2.27. The van der Waals surface area contributed by atoms with Gasteiger partial charge in [0.1, 0.15) is 18.2 Å². The van der Waals surface area contributed by atoms with Crippen molar-refractivity contribution in [2.75, 3.05) is 0 Å². The Balaban J connectivity index is 1.42. The van der Waals surface area contributed by atoms with Crippen molar-refractivity contribution in [3.8, 4) is 5.75 Å². The van der Waals surface area contributed by atoms with Crippen LogP contribution in [0, 0.1) is 5.82 Å². The number of amides is 2. The maximum absolute atomic E-state index is 13.9. The minimum Gasteiger partial charge on any atom is -0.489 e. The Labute approximate surface area is 202 Å². The molecule has 4 rings (SSSR count). The maximum Gasteiger partial charge on any atom is 0.293 e. The first-order chi connectivity index (χ1) is 15.4. The van der Waals surface area contributed by atoms with Crippen LogP contribution < -0.4 is 4.74 Å². The van der Waals surface area contributed by atoms with E-state index in [1.165, 1.54) is 17.0 Å². The van der Waals surface area contributed by atoms with Crippen LogP contribution in [0.2, 0.25) is 5.02 Å². The van der Waals surface area contributed by atoms with Gasteiger partial charge in [0.05, 0.1) is 16.5 Å². The summed E-state index contributed by atoms with van der Waals surface area (Å²) in [4.78, 5) is 26.7. The molecule has 1 fully saturated rings. The summed E-state index contributed by atoms with van der Waals surface area (Å²) in [5.41, 5.74) is 1.89. The summed E-state index contributed by atoms with van der Waals surface area (Å²) >= 11 is 10.3. The smallest absolute Gasteiger partial charge is 0.293 e. The van der Waals surface area contributed by atoms with Crippen molar-refractivity contribution in [2.24, 2.45) is 0 Å². The lowest BCUT2D eigenvalue weighted by molar-refractivity contribution is -0.123. The van der Waals surface area contributed by atoms with Crippen molar-refractivity contribution in [1.29, 1.82) is 0 Å². The Morgan fingerprint density at radius 1 is 1.06 bits per heavy atom. The zero-order valence-corrected chi connectivity index (χ0v) is 19.7. The molecule has 4 nitrogen and oxygen atoms in total. The van der Waals surface area contributed by atoms with Crippen molar-refractivity contribution in [1.82, 2.24) is 4.90 Å². The molecule has 0 aliphatic carbocycles. The number of rotatable bonds is 6. The fourth-order valence-corrected chi connectivity index (χ4v) is 4.59. The topological polar surface area (TPSA) is 46.6 Å². The van der Waals surface area contributed by atoms with Crippen molar-refractivity contribution in [2.45, 2.75) is 13.2 Å². The molecular formula is C24H16BrClFNO3S. The van der Waals surface area contributed by atoms with E-state index in [0.717, 1.165) is 27.4 Å². The van der Waals surface area contributed by atoms with Gasteiger partial charge in [-0.25, -0.2) is 4.39 Å². The van der Waals surface area contributed by atoms with E-state index in [9.17, 15) is 14.0 Å². The zero-order valence-electron chi connectivity index (χ0n) is 16.6. The summed E-state index contributed by atoms with van der Waals surface area (Å²) in [6, 6.07) is 18.9. The molecule has 0 aromatic heterocycles. The van der Waals surface area contributed by atoms with E-state index in [-0.39, 0.29) is 29.9 Å². The van der Waals surface area contributed by atoms with Crippen LogP contribution in [0.3, 0.4) is 0 Å². The Morgan fingerprint density at radius 3 is 2.53 bits per heavy atom. The normalized spacial score (nSPS) is 15.0. The van der Waals surface area contributed by atoms with Gasteiger partial charge in [0, 0.05) is 10.0 Å². The van der Waals surface area contributed by atoms with Crippen LogP contribution in [0.15, 0.2) is 76.1 Å². The van der Waals surface area contributed by atoms with Crippen LogP contribution in [0.25, 0.3) is 6.08 Å². The van der Waals surface area contributed by atoms with Gasteiger partial charge in [-0.15, -0.1) is 0 Å². The van der Waals surface area contributed by atoms with Crippen molar-refractivity contribution in [3.63, 3.8) is 0 Å². The van der Waals surface area contributed by atoms with Gasteiger partial charge in [-0.2, -0.15) is 0 Å². The molecule has 3 aromatic carbocycles. The molecular weight excluding hydrogens is 517 g/mol. The standard InChI is InChI=1S/C24H16BrClFNO3S/c25-17-4-1-3-16(11-17)13-28-23(29)22(32-24(28)30)12-15-7-9-18(10-8-15)31-14-19-20(26)5-2-6-21(19)27/h1-12H,13-14H2/b22-12-. The number of hydrogen-bond donors (Lipinski definition) is 0. The summed E-state index contributed by atoms with van der Waals surface area (Å²) in [6.07, 6.45) is 1.67. The van der Waals surface area contributed by atoms with E-state index in [0.29, 0.717) is 15.7 Å². The third kappa shape index (κ3) is 5.23. The highest BCUT2D eigenvalue weighted by Crippen LogP contribution is 2.34. The van der Waals surface area contributed by atoms with Crippen molar-refractivity contribution >= 4 is 56.5 Å². The summed E-state index contributed by atoms with van der Waals surface area (Å²) in [5.74, 6) is -0.216. The van der Waals surface area contributed by atoms with E-state index in [1.54, 1.807) is 36.4 Å². The predicted octanol–water partition coefficient (Wildman–Crippen LogP) is 7.06. The molecule has 0 atom stereocenters. The first-order valence-electron chi connectivity index (χ1n) is 9.56. The van der Waals surface area contributed by atoms with E-state index in [2.05, 4.69) is 15.9 Å². The highest BCUT2D eigenvalue weighted by Gasteiger charge is 2.34. The summed E-state index contributed by atoms with van der Waals surface area (Å²) < 4.78 is 20.4. The first-order valence-corrected chi connectivity index (χ1v) is 11.5. The molecule has 0 bridgehead atoms. The number of carbonyl (C=O) groups is 2. The highest BCUT2D eigenvalue weighted by atomic mass is 79.9. The number of thioether (sulfide) groups is 1. The molecule has 0 saturated carbocycles. The number of benzene rings is 3. The Morgan fingerprint density at radius 2 is 1.81 bits per heavy atom. The number of ether oxygens (including phenoxy) is 1. The molecule has 2 amide bonds. The lowest BCUT2D eigenvalue weighted by Gasteiger charge is -2.12. The quantitative estimate of drug-likeness (QED) is 0.319. The largest absolute Gasteiger partial charge is 0.489 e. The van der Waals surface area contributed by atoms with Gasteiger partial charge in [-0.1, -0.05) is 57.9 Å². The second kappa shape index (κ2) is 9.90. The molecule has 32 heavy (non-hydrogen) atoms. The second-order valence-electron chi connectivity index (χ2n) is 6.96. The number of carbonyl (C=O) groups excluding carboxylic acids is 2. The third-order valence-corrected chi connectivity index (χ3v) is 6.48. The molecule has 3 aromatic rings. The fraction of sp³-hybridized carbons (Fsp3) is 0.0833. The fourth-order valence-electron chi connectivity index (χ4n) is 3.09. The van der Waals surface area contributed by atoms with E-state index in [1.807, 2.05) is 24.3 Å². The maximum atomic E-state index is 13.9. The molecule has 0 unspecified atom stereocenters. The third-order valence-electron chi connectivity index (χ3n) is 4.73.